The maximum Gasteiger partial charge on any atom is 0.350 e. The number of nitrogens with zero attached hydrogens (tertiary/aromatic N) is 1. The van der Waals surface area contributed by atoms with Gasteiger partial charge in [-0.25, -0.2) is 17.2 Å². The molecule has 1 unspecified atom stereocenters. The lowest BCUT2D eigenvalue weighted by atomic mass is 9.77. The fourth-order valence-corrected chi connectivity index (χ4v) is 4.05. The highest BCUT2D eigenvalue weighted by atomic mass is 32.2. The first kappa shape index (κ1) is 18.4. The van der Waals surface area contributed by atoms with Crippen LogP contribution in [0.4, 0.5) is 17.6 Å². The van der Waals surface area contributed by atoms with E-state index in [0.29, 0.717) is 10.7 Å². The second-order valence-electron chi connectivity index (χ2n) is 6.14. The van der Waals surface area contributed by atoms with Crippen LogP contribution in [-0.4, -0.2) is 51.4 Å². The molecule has 0 N–H and O–H groups in total. The van der Waals surface area contributed by atoms with Gasteiger partial charge in [-0.1, -0.05) is 0 Å². The summed E-state index contributed by atoms with van der Waals surface area (Å²) in [4.78, 5) is 0. The Morgan fingerprint density at radius 1 is 1.28 bits per heavy atom. The fourth-order valence-electron chi connectivity index (χ4n) is 3.43. The van der Waals surface area contributed by atoms with Gasteiger partial charge in [0.1, 0.15) is 5.82 Å². The molecule has 2 aliphatic rings. The van der Waals surface area contributed by atoms with Crippen LogP contribution in [0.3, 0.4) is 0 Å². The van der Waals surface area contributed by atoms with E-state index in [4.69, 9.17) is 9.47 Å². The minimum Gasteiger partial charge on any atom is -0.490 e. The molecule has 0 amide bonds. The Morgan fingerprint density at radius 3 is 2.64 bits per heavy atom. The summed E-state index contributed by atoms with van der Waals surface area (Å²) in [6.45, 7) is -0.140. The summed E-state index contributed by atoms with van der Waals surface area (Å²) in [7, 11) is -3.71. The van der Waals surface area contributed by atoms with Crippen LogP contribution in [0.5, 0.6) is 5.75 Å². The summed E-state index contributed by atoms with van der Waals surface area (Å²) in [5, 5.41) is 0. The summed E-state index contributed by atoms with van der Waals surface area (Å²) in [5.41, 5.74) is 0.101. The largest absolute Gasteiger partial charge is 0.490 e. The number of sulfonamides is 1. The summed E-state index contributed by atoms with van der Waals surface area (Å²) >= 11 is 0. The topological polar surface area (TPSA) is 55.8 Å². The summed E-state index contributed by atoms with van der Waals surface area (Å²) in [6.07, 6.45) is -0.350. The van der Waals surface area contributed by atoms with Gasteiger partial charge < -0.3 is 9.47 Å². The number of fused-ring (bicyclic) bond motifs is 3. The van der Waals surface area contributed by atoms with Crippen molar-refractivity contribution in [2.45, 2.75) is 24.2 Å². The molecule has 2 heterocycles. The van der Waals surface area contributed by atoms with Gasteiger partial charge in [0.2, 0.25) is 0 Å². The van der Waals surface area contributed by atoms with Crippen molar-refractivity contribution in [3.05, 3.63) is 29.3 Å². The van der Waals surface area contributed by atoms with E-state index in [1.165, 1.54) is 0 Å². The number of rotatable bonds is 4. The Bertz CT molecular complexity index is 758. The monoisotopic (exact) mass is 383 g/mol. The molecule has 140 valence electrons. The molecule has 1 saturated heterocycles. The molecule has 0 radical (unpaired) electrons. The van der Waals surface area contributed by atoms with E-state index < -0.39 is 45.4 Å². The number of hydrogen-bond acceptors (Lipinski definition) is 4. The number of benzene rings is 1. The first-order valence-corrected chi connectivity index (χ1v) is 9.19. The Balaban J connectivity index is 1.86. The van der Waals surface area contributed by atoms with E-state index in [-0.39, 0.29) is 31.1 Å². The summed E-state index contributed by atoms with van der Waals surface area (Å²) in [6, 6.07) is 1.99. The van der Waals surface area contributed by atoms with Gasteiger partial charge in [-0.15, -0.1) is 0 Å². The Kier molecular flexibility index (Phi) is 4.95. The van der Waals surface area contributed by atoms with Crippen LogP contribution in [0.15, 0.2) is 12.1 Å². The highest BCUT2D eigenvalue weighted by molar-refractivity contribution is 7.89. The van der Waals surface area contributed by atoms with Gasteiger partial charge in [-0.2, -0.15) is 13.1 Å². The van der Waals surface area contributed by atoms with Gasteiger partial charge in [0, 0.05) is 37.6 Å². The minimum absolute atomic E-state index is 0.00866. The molecule has 0 saturated carbocycles. The van der Waals surface area contributed by atoms with Gasteiger partial charge in [-0.3, -0.25) is 0 Å². The van der Waals surface area contributed by atoms with Crippen molar-refractivity contribution in [3.8, 4) is 5.75 Å². The second-order valence-corrected chi connectivity index (χ2v) is 8.15. The molecule has 2 aliphatic heterocycles. The number of halogens is 4. The highest BCUT2D eigenvalue weighted by Gasteiger charge is 2.44. The molecule has 0 aliphatic carbocycles. The molecule has 3 atom stereocenters. The zero-order chi connectivity index (χ0) is 18.4. The van der Waals surface area contributed by atoms with Crippen molar-refractivity contribution in [1.82, 2.24) is 4.31 Å². The molecule has 0 bridgehead atoms. The molecule has 3 rings (SSSR count). The Labute approximate surface area is 142 Å². The van der Waals surface area contributed by atoms with E-state index in [2.05, 4.69) is 0 Å². The highest BCUT2D eigenvalue weighted by Crippen LogP contribution is 2.46. The average molecular weight is 383 g/mol. The predicted molar refractivity (Wildman–Crippen MR) is 80.0 cm³/mol. The van der Waals surface area contributed by atoms with Crippen LogP contribution in [0.1, 0.15) is 17.9 Å². The van der Waals surface area contributed by atoms with Crippen molar-refractivity contribution in [2.75, 3.05) is 26.8 Å². The molecule has 5 nitrogen and oxygen atoms in total. The molecule has 1 aromatic carbocycles. The molecule has 10 heteroatoms. The molecule has 0 spiro atoms. The Morgan fingerprint density at radius 2 is 1.96 bits per heavy atom. The SMILES string of the molecule is CN(C[C@@H]1OCCC2c3c(F)ccc(F)c3OC[C@H]21)S(=O)(=O)C(F)F. The fraction of sp³-hybridized carbons (Fsp3) is 0.600. The maximum absolute atomic E-state index is 14.2. The Hall–Kier alpha value is -1.39. The lowest BCUT2D eigenvalue weighted by molar-refractivity contribution is -0.0653. The van der Waals surface area contributed by atoms with Crippen molar-refractivity contribution in [1.29, 1.82) is 0 Å². The minimum atomic E-state index is -4.74. The summed E-state index contributed by atoms with van der Waals surface area (Å²) < 4.78 is 87.9. The van der Waals surface area contributed by atoms with Crippen LogP contribution in [0, 0.1) is 17.6 Å². The third kappa shape index (κ3) is 3.22. The standard InChI is InChI=1S/C15H17F4NO4S/c1-20(25(21,22)15(18)19)6-12-9-7-24-14-11(17)3-2-10(16)13(14)8(9)4-5-23-12/h2-3,8-9,12,15H,4-7H2,1H3/t8?,9-,12+/m1/s1. The van der Waals surface area contributed by atoms with Crippen molar-refractivity contribution < 1.29 is 35.5 Å². The van der Waals surface area contributed by atoms with Gasteiger partial charge in [0.25, 0.3) is 10.0 Å². The number of hydrogen-bond donors (Lipinski definition) is 0. The van der Waals surface area contributed by atoms with E-state index in [0.717, 1.165) is 19.2 Å². The van der Waals surface area contributed by atoms with E-state index in [1.807, 2.05) is 0 Å². The maximum atomic E-state index is 14.2. The molecule has 0 aromatic heterocycles. The van der Waals surface area contributed by atoms with Crippen molar-refractivity contribution in [3.63, 3.8) is 0 Å². The molecular formula is C15H17F4NO4S. The van der Waals surface area contributed by atoms with Crippen molar-refractivity contribution >= 4 is 10.0 Å². The van der Waals surface area contributed by atoms with Gasteiger partial charge in [0.05, 0.1) is 12.7 Å². The quantitative estimate of drug-likeness (QED) is 0.749. The second kappa shape index (κ2) is 6.73. The molecular weight excluding hydrogens is 366 g/mol. The summed E-state index contributed by atoms with van der Waals surface area (Å²) in [5.74, 6) is -5.86. The lowest BCUT2D eigenvalue weighted by Crippen LogP contribution is -2.48. The number of alkyl halides is 2. The van der Waals surface area contributed by atoms with Crippen LogP contribution in [-0.2, 0) is 14.8 Å². The van der Waals surface area contributed by atoms with Crippen molar-refractivity contribution in [2.24, 2.45) is 5.92 Å². The van der Waals surface area contributed by atoms with Crippen LogP contribution in [0.2, 0.25) is 0 Å². The number of ether oxygens (including phenoxy) is 2. The molecule has 25 heavy (non-hydrogen) atoms. The van der Waals surface area contributed by atoms with Gasteiger partial charge in [0.15, 0.2) is 11.6 Å². The zero-order valence-corrected chi connectivity index (χ0v) is 14.1. The van der Waals surface area contributed by atoms with E-state index in [9.17, 15) is 26.0 Å². The average Bonchev–Trinajstić information content (AvgIpc) is 2.57. The van der Waals surface area contributed by atoms with E-state index >= 15 is 0 Å². The van der Waals surface area contributed by atoms with Crippen LogP contribution in [0.25, 0.3) is 0 Å². The lowest BCUT2D eigenvalue weighted by Gasteiger charge is -2.42. The zero-order valence-electron chi connectivity index (χ0n) is 13.3. The first-order valence-electron chi connectivity index (χ1n) is 7.69. The van der Waals surface area contributed by atoms with Gasteiger partial charge >= 0.3 is 5.76 Å². The van der Waals surface area contributed by atoms with Gasteiger partial charge in [-0.05, 0) is 18.6 Å². The van der Waals surface area contributed by atoms with E-state index in [1.54, 1.807) is 0 Å². The smallest absolute Gasteiger partial charge is 0.350 e. The van der Waals surface area contributed by atoms with Crippen LogP contribution < -0.4 is 4.74 Å². The van der Waals surface area contributed by atoms with Crippen LogP contribution >= 0.6 is 0 Å². The third-order valence-corrected chi connectivity index (χ3v) is 6.21. The molecule has 1 fully saturated rings. The first-order chi connectivity index (χ1) is 11.7. The predicted octanol–water partition coefficient (Wildman–Crippen LogP) is 2.33. The third-order valence-electron chi connectivity index (χ3n) is 4.74. The molecule has 1 aromatic rings. The normalized spacial score (nSPS) is 26.3. The number of likely N-dealkylation sites (N-methyl/N-ethyl adjacent to an activating group) is 1.